The number of hydrogen-bond donors (Lipinski definition) is 0. The summed E-state index contributed by atoms with van der Waals surface area (Å²) in [6.07, 6.45) is 5.09. The van der Waals surface area contributed by atoms with Gasteiger partial charge in [0.25, 0.3) is 0 Å². The van der Waals surface area contributed by atoms with E-state index in [2.05, 4.69) is 20.5 Å². The Balaban J connectivity index is 2.31. The predicted molar refractivity (Wildman–Crippen MR) is 59.5 cm³/mol. The first-order valence-corrected chi connectivity index (χ1v) is 5.29. The Morgan fingerprint density at radius 3 is 3.07 bits per heavy atom. The topological polar surface area (TPSA) is 38.7 Å². The van der Waals surface area contributed by atoms with Crippen molar-refractivity contribution in [3.63, 3.8) is 0 Å². The molecule has 0 N–H and O–H groups in total. The summed E-state index contributed by atoms with van der Waals surface area (Å²) < 4.78 is 1.12. The maximum atomic E-state index is 4.27. The third-order valence-electron chi connectivity index (χ3n) is 2.15. The molecule has 0 spiro atoms. The lowest BCUT2D eigenvalue weighted by molar-refractivity contribution is 1.21. The molecule has 0 fully saturated rings. The van der Waals surface area contributed by atoms with Gasteiger partial charge in [0.05, 0.1) is 22.1 Å². The van der Waals surface area contributed by atoms with Crippen LogP contribution in [0.4, 0.5) is 0 Å². The molecule has 3 aromatic rings. The molecule has 1 aromatic carbocycles. The molecule has 0 aliphatic carbocycles. The van der Waals surface area contributed by atoms with E-state index < -0.39 is 0 Å². The lowest BCUT2D eigenvalue weighted by Gasteiger charge is -1.99. The second kappa shape index (κ2) is 3.40. The lowest BCUT2D eigenvalue weighted by atomic mass is 10.1. The third kappa shape index (κ3) is 1.39. The molecule has 3 rings (SSSR count). The van der Waals surface area contributed by atoms with E-state index in [9.17, 15) is 0 Å². The minimum absolute atomic E-state index is 0.849. The Labute approximate surface area is 90.5 Å². The number of fused-ring (bicyclic) bond motifs is 1. The normalized spacial score (nSPS) is 10.7. The fourth-order valence-electron chi connectivity index (χ4n) is 1.48. The van der Waals surface area contributed by atoms with E-state index in [1.165, 1.54) is 11.3 Å². The highest BCUT2D eigenvalue weighted by Crippen LogP contribution is 2.27. The number of thiazole rings is 1. The highest BCUT2D eigenvalue weighted by molar-refractivity contribution is 7.16. The van der Waals surface area contributed by atoms with Crippen LogP contribution in [0.1, 0.15) is 0 Å². The van der Waals surface area contributed by atoms with Gasteiger partial charge in [0.2, 0.25) is 0 Å². The monoisotopic (exact) mass is 212 g/mol. The predicted octanol–water partition coefficient (Wildman–Crippen LogP) is 2.55. The van der Waals surface area contributed by atoms with Crippen LogP contribution < -0.4 is 0 Å². The maximum Gasteiger partial charge on any atom is 0.153 e. The summed E-state index contributed by atoms with van der Waals surface area (Å²) >= 11 is 1.51. The average molecular weight is 212 g/mol. The van der Waals surface area contributed by atoms with Crippen LogP contribution in [0.25, 0.3) is 21.5 Å². The smallest absolute Gasteiger partial charge is 0.153 e. The van der Waals surface area contributed by atoms with Gasteiger partial charge in [0, 0.05) is 18.0 Å². The summed E-state index contributed by atoms with van der Waals surface area (Å²) in [5, 5.41) is 0. The van der Waals surface area contributed by atoms with Gasteiger partial charge in [0.1, 0.15) is 0 Å². The molecule has 2 aromatic heterocycles. The first-order chi connectivity index (χ1) is 7.45. The van der Waals surface area contributed by atoms with Crippen LogP contribution in [-0.4, -0.2) is 15.0 Å². The van der Waals surface area contributed by atoms with Crippen LogP contribution in [0.2, 0.25) is 0 Å². The molecule has 0 aliphatic rings. The van der Waals surface area contributed by atoms with Gasteiger partial charge in [-0.15, -0.1) is 11.3 Å². The molecular formula is C11H6N3S. The molecule has 2 heterocycles. The van der Waals surface area contributed by atoms with E-state index in [0.29, 0.717) is 0 Å². The minimum Gasteiger partial charge on any atom is -0.261 e. The largest absolute Gasteiger partial charge is 0.261 e. The van der Waals surface area contributed by atoms with Crippen LogP contribution in [0.5, 0.6) is 0 Å². The molecule has 1 radical (unpaired) electrons. The second-order valence-corrected chi connectivity index (χ2v) is 3.87. The number of para-hydroxylation sites is 1. The van der Waals surface area contributed by atoms with Crippen molar-refractivity contribution < 1.29 is 0 Å². The van der Waals surface area contributed by atoms with Gasteiger partial charge in [0.15, 0.2) is 5.51 Å². The zero-order chi connectivity index (χ0) is 10.1. The molecule has 0 aliphatic heterocycles. The molecule has 0 amide bonds. The SMILES string of the molecule is [c]1nc2c(-c3cnccn3)cccc2s1. The van der Waals surface area contributed by atoms with Crippen LogP contribution in [0.15, 0.2) is 36.8 Å². The Morgan fingerprint density at radius 2 is 2.20 bits per heavy atom. The van der Waals surface area contributed by atoms with Crippen molar-refractivity contribution in [1.82, 2.24) is 15.0 Å². The zero-order valence-corrected chi connectivity index (χ0v) is 8.53. The Bertz CT molecular complexity index is 589. The molecule has 0 unspecified atom stereocenters. The Morgan fingerprint density at radius 1 is 1.20 bits per heavy atom. The summed E-state index contributed by atoms with van der Waals surface area (Å²) in [6, 6.07) is 6.03. The maximum absolute atomic E-state index is 4.27. The second-order valence-electron chi connectivity index (χ2n) is 3.05. The van der Waals surface area contributed by atoms with Gasteiger partial charge in [-0.2, -0.15) is 0 Å². The number of nitrogens with zero attached hydrogens (tertiary/aromatic N) is 3. The summed E-state index contributed by atoms with van der Waals surface area (Å²) in [6.45, 7) is 0. The van der Waals surface area contributed by atoms with Gasteiger partial charge < -0.3 is 0 Å². The quantitative estimate of drug-likeness (QED) is 0.622. The number of rotatable bonds is 1. The molecule has 3 nitrogen and oxygen atoms in total. The molecule has 0 saturated carbocycles. The summed E-state index contributed by atoms with van der Waals surface area (Å²) in [5.41, 5.74) is 5.70. The van der Waals surface area contributed by atoms with E-state index in [1.807, 2.05) is 18.2 Å². The molecule has 71 valence electrons. The lowest BCUT2D eigenvalue weighted by Crippen LogP contribution is -1.85. The first-order valence-electron chi connectivity index (χ1n) is 4.47. The van der Waals surface area contributed by atoms with Gasteiger partial charge in [-0.25, -0.2) is 4.98 Å². The fourth-order valence-corrected chi connectivity index (χ4v) is 2.12. The highest BCUT2D eigenvalue weighted by atomic mass is 32.1. The molecule has 0 bridgehead atoms. The van der Waals surface area contributed by atoms with Crippen molar-refractivity contribution >= 4 is 21.6 Å². The van der Waals surface area contributed by atoms with Gasteiger partial charge in [-0.3, -0.25) is 9.97 Å². The fraction of sp³-hybridized carbons (Fsp3) is 0. The van der Waals surface area contributed by atoms with Crippen LogP contribution in [0.3, 0.4) is 0 Å². The van der Waals surface area contributed by atoms with E-state index in [0.717, 1.165) is 21.5 Å². The number of hydrogen-bond acceptors (Lipinski definition) is 4. The molecule has 0 saturated heterocycles. The van der Waals surface area contributed by atoms with Crippen LogP contribution in [0, 0.1) is 5.51 Å². The van der Waals surface area contributed by atoms with Crippen molar-refractivity contribution in [3.05, 3.63) is 42.3 Å². The summed E-state index contributed by atoms with van der Waals surface area (Å²) in [7, 11) is 0. The Hall–Kier alpha value is -1.81. The molecule has 15 heavy (non-hydrogen) atoms. The summed E-state index contributed by atoms with van der Waals surface area (Å²) in [5.74, 6) is 0. The molecule has 0 atom stereocenters. The van der Waals surface area contributed by atoms with Crippen molar-refractivity contribution in [2.45, 2.75) is 0 Å². The van der Waals surface area contributed by atoms with Crippen LogP contribution >= 0.6 is 11.3 Å². The number of aromatic nitrogens is 3. The summed E-state index contributed by atoms with van der Waals surface area (Å²) in [4.78, 5) is 12.5. The van der Waals surface area contributed by atoms with Crippen LogP contribution in [-0.2, 0) is 0 Å². The van der Waals surface area contributed by atoms with E-state index in [-0.39, 0.29) is 0 Å². The number of benzene rings is 1. The highest BCUT2D eigenvalue weighted by Gasteiger charge is 2.06. The molecule has 4 heteroatoms. The average Bonchev–Trinajstić information content (AvgIpc) is 2.78. The first kappa shape index (κ1) is 8.49. The van der Waals surface area contributed by atoms with E-state index in [1.54, 1.807) is 18.6 Å². The van der Waals surface area contributed by atoms with Crippen molar-refractivity contribution in [2.75, 3.05) is 0 Å². The van der Waals surface area contributed by atoms with Gasteiger partial charge >= 0.3 is 0 Å². The van der Waals surface area contributed by atoms with Crippen molar-refractivity contribution in [1.29, 1.82) is 0 Å². The Kier molecular flexibility index (Phi) is 1.93. The van der Waals surface area contributed by atoms with E-state index in [4.69, 9.17) is 0 Å². The molecular weight excluding hydrogens is 206 g/mol. The zero-order valence-electron chi connectivity index (χ0n) is 7.71. The van der Waals surface area contributed by atoms with Crippen molar-refractivity contribution in [3.8, 4) is 11.3 Å². The minimum atomic E-state index is 0.849. The van der Waals surface area contributed by atoms with Gasteiger partial charge in [-0.1, -0.05) is 12.1 Å². The third-order valence-corrected chi connectivity index (χ3v) is 2.88. The van der Waals surface area contributed by atoms with E-state index >= 15 is 0 Å². The van der Waals surface area contributed by atoms with Crippen molar-refractivity contribution in [2.24, 2.45) is 0 Å². The standard InChI is InChI=1S/C11H6N3S/c1-2-8(9-6-12-4-5-13-9)11-10(3-1)15-7-14-11/h1-6H. The van der Waals surface area contributed by atoms with Gasteiger partial charge in [-0.05, 0) is 6.07 Å².